The molecular formula is C5H14. The Hall–Kier alpha value is -0.880. The Morgan fingerprint density at radius 2 is 1.60 bits per heavy atom. The molecule has 0 saturated carbocycles. The Morgan fingerprint density at radius 3 is 1.60 bits per heavy atom. The van der Waals surface area contributed by atoms with E-state index in [0.29, 0.717) is 0 Å². The first-order chi connectivity index (χ1) is 2.41. The van der Waals surface area contributed by atoms with E-state index in [2.05, 4.69) is 25.2 Å². The van der Waals surface area contributed by atoms with Crippen molar-refractivity contribution in [3.05, 3.63) is 0 Å². The molecule has 34 valence electrons. The molecule has 0 radical (unpaired) electrons. The van der Waals surface area contributed by atoms with Crippen molar-refractivity contribution in [1.82, 2.24) is 0 Å². The van der Waals surface area contributed by atoms with Gasteiger partial charge in [-0.05, 0) is 6.92 Å². The molecule has 0 heterocycles. The fourth-order valence-electron chi connectivity index (χ4n) is 0. The number of hydrogen-bond acceptors (Lipinski definition) is 0. The van der Waals surface area contributed by atoms with Gasteiger partial charge in [-0.2, -0.15) is 0 Å². The normalized spacial score (nSPS) is 2.00. The predicted octanol–water partition coefficient (Wildman–Crippen LogP) is 1.87. The zero-order chi connectivity index (χ0) is 4.71. The number of terminal acetylenes is 2. The van der Waals surface area contributed by atoms with Crippen LogP contribution in [0.4, 0.5) is 0 Å². The molecule has 0 spiro atoms. The molecule has 0 aromatic heterocycles. The average Bonchev–Trinajstić information content (AvgIpc) is 1.46. The Balaban J connectivity index is -0.00000000357. The van der Waals surface area contributed by atoms with Crippen molar-refractivity contribution in [3.63, 3.8) is 0 Å². The Morgan fingerprint density at radius 1 is 1.60 bits per heavy atom. The average molecular weight is 74.2 g/mol. The molecule has 0 bridgehead atoms. The highest BCUT2D eigenvalue weighted by Crippen LogP contribution is 1.21. The topological polar surface area (TPSA) is 0 Å². The third-order valence-corrected chi connectivity index (χ3v) is 0. The largest absolute Gasteiger partial charge is 0.124 e. The van der Waals surface area contributed by atoms with E-state index in [1.807, 2.05) is 0 Å². The Bertz CT molecular complexity index is 51.7. The minimum Gasteiger partial charge on any atom is -0.124 e. The first kappa shape index (κ1) is 8.92. The summed E-state index contributed by atoms with van der Waals surface area (Å²) < 4.78 is 0. The van der Waals surface area contributed by atoms with Gasteiger partial charge in [0.05, 0.1) is 0 Å². The van der Waals surface area contributed by atoms with Crippen LogP contribution in [0, 0.1) is 25.2 Å². The van der Waals surface area contributed by atoms with Gasteiger partial charge in [0.1, 0.15) is 0 Å². The van der Waals surface area contributed by atoms with Crippen molar-refractivity contribution < 1.29 is 5.71 Å². The molecule has 0 heteroatoms. The van der Waals surface area contributed by atoms with Crippen molar-refractivity contribution in [3.8, 4) is 25.2 Å². The minimum atomic E-state index is 0. The summed E-state index contributed by atoms with van der Waals surface area (Å²) in [6.07, 6.45) is 12.6. The molecule has 0 amide bonds. The van der Waals surface area contributed by atoms with E-state index in [0.717, 1.165) is 0 Å². The molecule has 0 N–H and O–H groups in total. The van der Waals surface area contributed by atoms with E-state index < -0.39 is 0 Å². The van der Waals surface area contributed by atoms with Crippen LogP contribution in [0.2, 0.25) is 0 Å². The molecule has 0 saturated heterocycles. The summed E-state index contributed by atoms with van der Waals surface area (Å²) in [5.41, 5.74) is 0. The van der Waals surface area contributed by atoms with Crippen molar-refractivity contribution in [2.75, 3.05) is 0 Å². The van der Waals surface area contributed by atoms with Crippen molar-refractivity contribution >= 4 is 0 Å². The third kappa shape index (κ3) is 5.05. The van der Waals surface area contributed by atoms with Gasteiger partial charge in [0, 0.05) is 5.71 Å². The van der Waals surface area contributed by atoms with Gasteiger partial charge in [-0.1, -0.05) is 0 Å². The van der Waals surface area contributed by atoms with Crippen LogP contribution in [-0.4, -0.2) is 0 Å². The van der Waals surface area contributed by atoms with E-state index in [-0.39, 0.29) is 5.71 Å². The highest BCUT2D eigenvalue weighted by Gasteiger charge is 1.09. The summed E-state index contributed by atoms with van der Waals surface area (Å²) in [5, 5.41) is 0. The highest BCUT2D eigenvalue weighted by atomic mass is 13.2. The van der Waals surface area contributed by atoms with Gasteiger partial charge in [-0.25, -0.2) is 0 Å². The van der Waals surface area contributed by atoms with Crippen molar-refractivity contribution in [1.29, 1.82) is 0 Å². The van der Waals surface area contributed by atoms with Crippen LogP contribution in [0.3, 0.4) is 0 Å². The van der Waals surface area contributed by atoms with Gasteiger partial charge in [-0.15, -0.1) is 25.2 Å². The summed E-state index contributed by atoms with van der Waals surface area (Å²) in [6.45, 7) is 1.65. The summed E-state index contributed by atoms with van der Waals surface area (Å²) in [5.74, 6) is 2.25. The lowest BCUT2D eigenvalue weighted by atomic mass is 10.9. The summed E-state index contributed by atoms with van der Waals surface area (Å²) in [7, 11) is 0. The number of rotatable bonds is 0. The Kier molecular flexibility index (Phi) is 1740. The molecule has 0 atom stereocenters. The SMILES string of the molecule is C#C.C#CC.[HH].[HH].[HH].[HH]. The zero-order valence-corrected chi connectivity index (χ0v) is 3.23. The van der Waals surface area contributed by atoms with E-state index in [1.165, 1.54) is 0 Å². The monoisotopic (exact) mass is 74.1 g/mol. The van der Waals surface area contributed by atoms with E-state index in [1.54, 1.807) is 6.92 Å². The van der Waals surface area contributed by atoms with Gasteiger partial charge >= 0.3 is 0 Å². The first-order valence-electron chi connectivity index (χ1n) is 1.12. The van der Waals surface area contributed by atoms with Gasteiger partial charge < -0.3 is 0 Å². The van der Waals surface area contributed by atoms with Crippen LogP contribution in [0.1, 0.15) is 12.6 Å². The smallest absolute Gasteiger partial charge is 0 e. The molecule has 0 fully saturated rings. The fourth-order valence-corrected chi connectivity index (χ4v) is 0. The second-order valence-electron chi connectivity index (χ2n) is 0.289. The maximum absolute atomic E-state index is 4.60. The Labute approximate surface area is 39.1 Å². The quantitative estimate of drug-likeness (QED) is 0.385. The molecule has 0 rings (SSSR count). The molecule has 0 nitrogen and oxygen atoms in total. The van der Waals surface area contributed by atoms with E-state index >= 15 is 0 Å². The van der Waals surface area contributed by atoms with Gasteiger partial charge in [0.2, 0.25) is 0 Å². The summed E-state index contributed by atoms with van der Waals surface area (Å²) >= 11 is 0. The lowest BCUT2D eigenvalue weighted by Gasteiger charge is -1.23. The van der Waals surface area contributed by atoms with Crippen LogP contribution in [-0.2, 0) is 0 Å². The maximum Gasteiger partial charge on any atom is 0 e. The highest BCUT2D eigenvalue weighted by molar-refractivity contribution is 4.73. The lowest BCUT2D eigenvalue weighted by molar-refractivity contribution is 1.94. The van der Waals surface area contributed by atoms with Gasteiger partial charge in [0.25, 0.3) is 0 Å². The lowest BCUT2D eigenvalue weighted by Crippen LogP contribution is -1.10. The number of hydrogen-bond donors (Lipinski definition) is 0. The van der Waals surface area contributed by atoms with Gasteiger partial charge in [0.15, 0.2) is 0 Å². The summed E-state index contributed by atoms with van der Waals surface area (Å²) in [6, 6.07) is 0. The van der Waals surface area contributed by atoms with Crippen LogP contribution >= 0.6 is 0 Å². The van der Waals surface area contributed by atoms with Crippen LogP contribution in [0.25, 0.3) is 0 Å². The second-order valence-corrected chi connectivity index (χ2v) is 0.289. The van der Waals surface area contributed by atoms with E-state index in [9.17, 15) is 0 Å². The second kappa shape index (κ2) is 974. The molecule has 0 aliphatic rings. The van der Waals surface area contributed by atoms with E-state index in [4.69, 9.17) is 0 Å². The van der Waals surface area contributed by atoms with Gasteiger partial charge in [-0.3, -0.25) is 0 Å². The molecular weight excluding hydrogens is 60.1 g/mol. The molecule has 0 aromatic carbocycles. The molecule has 0 aliphatic heterocycles. The molecule has 5 heavy (non-hydrogen) atoms. The third-order valence-electron chi connectivity index (χ3n) is 0. The fraction of sp³-hybridized carbons (Fsp3) is 0.200. The minimum absolute atomic E-state index is 0. The molecule has 0 unspecified atom stereocenters. The van der Waals surface area contributed by atoms with Crippen LogP contribution < -0.4 is 0 Å². The zero-order valence-electron chi connectivity index (χ0n) is 3.23. The molecule has 0 aliphatic carbocycles. The van der Waals surface area contributed by atoms with Crippen LogP contribution in [0.5, 0.6) is 0 Å². The van der Waals surface area contributed by atoms with Crippen molar-refractivity contribution in [2.45, 2.75) is 6.92 Å². The predicted molar refractivity (Wildman–Crippen MR) is 32.9 cm³/mol. The maximum atomic E-state index is 4.60. The van der Waals surface area contributed by atoms with Crippen molar-refractivity contribution in [2.24, 2.45) is 0 Å². The standard InChI is InChI=1S/C3H4.C2H2.4H2/c1-3-2;1-2;;;;/h1H,2H3;1-2H;4*1H. The first-order valence-corrected chi connectivity index (χ1v) is 1.12. The van der Waals surface area contributed by atoms with Crippen LogP contribution in [0.15, 0.2) is 0 Å². The summed E-state index contributed by atoms with van der Waals surface area (Å²) in [4.78, 5) is 0. The molecule has 0 aromatic rings.